The Labute approximate surface area is 114 Å². The standard InChI is InChI=1S/C15H33N3/c1-6-8-16-14(15(2,3)4)13-18-10-7-9-17(5)11-12-18/h14,16H,6-13H2,1-5H3. The summed E-state index contributed by atoms with van der Waals surface area (Å²) in [6.07, 6.45) is 2.52. The van der Waals surface area contributed by atoms with E-state index in [0.717, 1.165) is 6.54 Å². The van der Waals surface area contributed by atoms with Gasteiger partial charge >= 0.3 is 0 Å². The Bertz CT molecular complexity index is 222. The first-order chi connectivity index (χ1) is 8.43. The zero-order chi connectivity index (χ0) is 13.6. The number of likely N-dealkylation sites (N-methyl/N-ethyl adjacent to an activating group) is 1. The quantitative estimate of drug-likeness (QED) is 0.811. The molecular formula is C15H33N3. The van der Waals surface area contributed by atoms with E-state index >= 15 is 0 Å². The molecule has 1 aliphatic rings. The van der Waals surface area contributed by atoms with Crippen molar-refractivity contribution in [1.29, 1.82) is 0 Å². The number of rotatable bonds is 5. The fourth-order valence-corrected chi connectivity index (χ4v) is 2.50. The predicted molar refractivity (Wildman–Crippen MR) is 80.1 cm³/mol. The van der Waals surface area contributed by atoms with Gasteiger partial charge in [0.1, 0.15) is 0 Å². The van der Waals surface area contributed by atoms with Gasteiger partial charge in [0.05, 0.1) is 0 Å². The molecule has 0 amide bonds. The normalized spacial score (nSPS) is 21.8. The molecule has 3 heteroatoms. The van der Waals surface area contributed by atoms with Crippen molar-refractivity contribution in [3.63, 3.8) is 0 Å². The molecule has 1 N–H and O–H groups in total. The molecule has 0 spiro atoms. The number of hydrogen-bond acceptors (Lipinski definition) is 3. The van der Waals surface area contributed by atoms with Crippen LogP contribution >= 0.6 is 0 Å². The van der Waals surface area contributed by atoms with Crippen molar-refractivity contribution in [2.75, 3.05) is 46.3 Å². The van der Waals surface area contributed by atoms with Crippen LogP contribution < -0.4 is 5.32 Å². The second-order valence-corrected chi connectivity index (χ2v) is 6.83. The Kier molecular flexibility index (Phi) is 6.61. The minimum Gasteiger partial charge on any atom is -0.312 e. The Morgan fingerprint density at radius 3 is 2.44 bits per heavy atom. The van der Waals surface area contributed by atoms with Crippen molar-refractivity contribution in [2.24, 2.45) is 5.41 Å². The topological polar surface area (TPSA) is 18.5 Å². The van der Waals surface area contributed by atoms with E-state index in [0.29, 0.717) is 11.5 Å². The third-order valence-corrected chi connectivity index (χ3v) is 3.94. The van der Waals surface area contributed by atoms with Crippen LogP contribution in [0.1, 0.15) is 40.5 Å². The maximum Gasteiger partial charge on any atom is 0.0243 e. The lowest BCUT2D eigenvalue weighted by Gasteiger charge is -2.36. The summed E-state index contributed by atoms with van der Waals surface area (Å²) in [7, 11) is 2.24. The molecule has 0 aromatic rings. The van der Waals surface area contributed by atoms with E-state index in [1.54, 1.807) is 0 Å². The van der Waals surface area contributed by atoms with Gasteiger partial charge in [0.25, 0.3) is 0 Å². The van der Waals surface area contributed by atoms with Crippen LogP contribution in [0, 0.1) is 5.41 Å². The second kappa shape index (κ2) is 7.46. The van der Waals surface area contributed by atoms with Crippen molar-refractivity contribution in [2.45, 2.75) is 46.6 Å². The molecule has 1 rings (SSSR count). The van der Waals surface area contributed by atoms with E-state index < -0.39 is 0 Å². The van der Waals surface area contributed by atoms with Gasteiger partial charge in [-0.05, 0) is 44.9 Å². The molecule has 0 bridgehead atoms. The van der Waals surface area contributed by atoms with E-state index in [1.165, 1.54) is 45.6 Å². The molecule has 1 heterocycles. The highest BCUT2D eigenvalue weighted by molar-refractivity contribution is 4.84. The smallest absolute Gasteiger partial charge is 0.0243 e. The van der Waals surface area contributed by atoms with Gasteiger partial charge in [-0.3, -0.25) is 0 Å². The van der Waals surface area contributed by atoms with Crippen molar-refractivity contribution < 1.29 is 0 Å². The third kappa shape index (κ3) is 5.68. The van der Waals surface area contributed by atoms with Gasteiger partial charge in [-0.15, -0.1) is 0 Å². The molecule has 1 fully saturated rings. The minimum absolute atomic E-state index is 0.341. The maximum absolute atomic E-state index is 3.73. The Hall–Kier alpha value is -0.120. The van der Waals surface area contributed by atoms with Crippen LogP contribution in [0.5, 0.6) is 0 Å². The van der Waals surface area contributed by atoms with Crippen LogP contribution in [0.15, 0.2) is 0 Å². The molecule has 18 heavy (non-hydrogen) atoms. The molecule has 1 aliphatic heterocycles. The Morgan fingerprint density at radius 1 is 1.11 bits per heavy atom. The van der Waals surface area contributed by atoms with Gasteiger partial charge in [-0.1, -0.05) is 27.7 Å². The summed E-state index contributed by atoms with van der Waals surface area (Å²) in [5, 5.41) is 3.73. The average molecular weight is 255 g/mol. The highest BCUT2D eigenvalue weighted by Crippen LogP contribution is 2.20. The lowest BCUT2D eigenvalue weighted by atomic mass is 9.86. The molecule has 1 saturated heterocycles. The van der Waals surface area contributed by atoms with E-state index in [2.05, 4.69) is 49.9 Å². The molecule has 0 radical (unpaired) electrons. The van der Waals surface area contributed by atoms with Gasteiger partial charge in [0.2, 0.25) is 0 Å². The maximum atomic E-state index is 3.73. The molecule has 1 unspecified atom stereocenters. The molecule has 0 saturated carbocycles. The molecular weight excluding hydrogens is 222 g/mol. The zero-order valence-corrected chi connectivity index (χ0v) is 13.1. The zero-order valence-electron chi connectivity index (χ0n) is 13.1. The number of hydrogen-bond donors (Lipinski definition) is 1. The first kappa shape index (κ1) is 15.9. The van der Waals surface area contributed by atoms with Crippen molar-refractivity contribution in [3.8, 4) is 0 Å². The number of nitrogens with zero attached hydrogens (tertiary/aromatic N) is 2. The monoisotopic (exact) mass is 255 g/mol. The molecule has 0 aromatic heterocycles. The van der Waals surface area contributed by atoms with Crippen LogP contribution in [0.25, 0.3) is 0 Å². The van der Waals surface area contributed by atoms with Gasteiger partial charge < -0.3 is 15.1 Å². The van der Waals surface area contributed by atoms with Crippen molar-refractivity contribution >= 4 is 0 Å². The Balaban J connectivity index is 2.48. The molecule has 0 aromatic carbocycles. The van der Waals surface area contributed by atoms with Gasteiger partial charge in [0, 0.05) is 25.7 Å². The fourth-order valence-electron chi connectivity index (χ4n) is 2.50. The predicted octanol–water partition coefficient (Wildman–Crippen LogP) is 2.04. The summed E-state index contributed by atoms with van der Waals surface area (Å²) in [6.45, 7) is 16.6. The summed E-state index contributed by atoms with van der Waals surface area (Å²) in [5.41, 5.74) is 0.341. The summed E-state index contributed by atoms with van der Waals surface area (Å²) in [6, 6.07) is 0.598. The van der Waals surface area contributed by atoms with E-state index in [-0.39, 0.29) is 0 Å². The minimum atomic E-state index is 0.341. The van der Waals surface area contributed by atoms with E-state index in [1.807, 2.05) is 0 Å². The largest absolute Gasteiger partial charge is 0.312 e. The first-order valence-corrected chi connectivity index (χ1v) is 7.57. The van der Waals surface area contributed by atoms with Crippen LogP contribution in [-0.2, 0) is 0 Å². The lowest BCUT2D eigenvalue weighted by Crippen LogP contribution is -2.49. The van der Waals surface area contributed by atoms with Crippen molar-refractivity contribution in [1.82, 2.24) is 15.1 Å². The lowest BCUT2D eigenvalue weighted by molar-refractivity contribution is 0.176. The van der Waals surface area contributed by atoms with Crippen LogP contribution in [0.2, 0.25) is 0 Å². The molecule has 3 nitrogen and oxygen atoms in total. The Morgan fingerprint density at radius 2 is 1.83 bits per heavy atom. The highest BCUT2D eigenvalue weighted by Gasteiger charge is 2.26. The van der Waals surface area contributed by atoms with Gasteiger partial charge in [-0.2, -0.15) is 0 Å². The van der Waals surface area contributed by atoms with Crippen LogP contribution in [0.4, 0.5) is 0 Å². The third-order valence-electron chi connectivity index (χ3n) is 3.94. The first-order valence-electron chi connectivity index (χ1n) is 7.57. The summed E-state index contributed by atoms with van der Waals surface area (Å²) >= 11 is 0. The van der Waals surface area contributed by atoms with Crippen molar-refractivity contribution in [3.05, 3.63) is 0 Å². The summed E-state index contributed by atoms with van der Waals surface area (Å²) < 4.78 is 0. The SMILES string of the molecule is CCCNC(CN1CCCN(C)CC1)C(C)(C)C. The highest BCUT2D eigenvalue weighted by atomic mass is 15.2. The van der Waals surface area contributed by atoms with E-state index in [4.69, 9.17) is 0 Å². The van der Waals surface area contributed by atoms with Gasteiger partial charge in [0.15, 0.2) is 0 Å². The van der Waals surface area contributed by atoms with E-state index in [9.17, 15) is 0 Å². The van der Waals surface area contributed by atoms with Crippen LogP contribution in [-0.4, -0.2) is 62.2 Å². The summed E-state index contributed by atoms with van der Waals surface area (Å²) in [4.78, 5) is 5.09. The van der Waals surface area contributed by atoms with Crippen LogP contribution in [0.3, 0.4) is 0 Å². The number of nitrogens with one attached hydrogen (secondary N) is 1. The fraction of sp³-hybridized carbons (Fsp3) is 1.00. The average Bonchev–Trinajstić information content (AvgIpc) is 2.48. The summed E-state index contributed by atoms with van der Waals surface area (Å²) in [5.74, 6) is 0. The molecule has 1 atom stereocenters. The second-order valence-electron chi connectivity index (χ2n) is 6.83. The molecule has 0 aliphatic carbocycles. The molecule has 108 valence electrons. The van der Waals surface area contributed by atoms with Gasteiger partial charge in [-0.25, -0.2) is 0 Å².